The van der Waals surface area contributed by atoms with Crippen LogP contribution in [0.5, 0.6) is 0 Å². The Morgan fingerprint density at radius 1 is 1.25 bits per heavy atom. The van der Waals surface area contributed by atoms with E-state index in [2.05, 4.69) is 16.4 Å². The van der Waals surface area contributed by atoms with Crippen molar-refractivity contribution in [3.63, 3.8) is 0 Å². The van der Waals surface area contributed by atoms with Gasteiger partial charge in [-0.1, -0.05) is 25.1 Å². The fraction of sp³-hybridized carbons (Fsp3) is 0.292. The molecule has 1 aromatic carbocycles. The standard InChI is InChI=1S/C24H26N2O5S/c1-3-32(29,30)18-6-4-5-16(10-18)19-7-8-23(31-14-17(28)13-27)22-11-20(19)21-9-15(2)12-25-24(21)26-22/h4-10,12,17,27-28H,3,11,13-14H2,1-2H3,(H,25,26)/t17-/m0/s1. The predicted molar refractivity (Wildman–Crippen MR) is 123 cm³/mol. The van der Waals surface area contributed by atoms with Crippen LogP contribution in [-0.2, 0) is 14.6 Å². The van der Waals surface area contributed by atoms with Gasteiger partial charge >= 0.3 is 0 Å². The fourth-order valence-corrected chi connectivity index (χ4v) is 4.70. The lowest BCUT2D eigenvalue weighted by atomic mass is 9.90. The zero-order chi connectivity index (χ0) is 22.9. The summed E-state index contributed by atoms with van der Waals surface area (Å²) >= 11 is 0. The van der Waals surface area contributed by atoms with E-state index in [1.807, 2.05) is 19.1 Å². The summed E-state index contributed by atoms with van der Waals surface area (Å²) in [5, 5.41) is 22.1. The summed E-state index contributed by atoms with van der Waals surface area (Å²) in [5.41, 5.74) is 5.44. The second-order valence-electron chi connectivity index (χ2n) is 7.86. The maximum atomic E-state index is 12.5. The van der Waals surface area contributed by atoms with Crippen molar-refractivity contribution in [1.29, 1.82) is 0 Å². The summed E-state index contributed by atoms with van der Waals surface area (Å²) < 4.78 is 30.7. The molecule has 1 aromatic heterocycles. The maximum absolute atomic E-state index is 12.5. The number of aliphatic hydroxyl groups excluding tert-OH is 2. The molecule has 2 heterocycles. The second-order valence-corrected chi connectivity index (χ2v) is 10.1. The van der Waals surface area contributed by atoms with Crippen LogP contribution < -0.4 is 5.32 Å². The first kappa shape index (κ1) is 22.3. The summed E-state index contributed by atoms with van der Waals surface area (Å²) in [7, 11) is -3.35. The van der Waals surface area contributed by atoms with Crippen molar-refractivity contribution in [3.05, 3.63) is 76.8 Å². The summed E-state index contributed by atoms with van der Waals surface area (Å²) in [6.45, 7) is 3.17. The van der Waals surface area contributed by atoms with E-state index in [0.717, 1.165) is 33.5 Å². The summed E-state index contributed by atoms with van der Waals surface area (Å²) in [4.78, 5) is 4.83. The highest BCUT2D eigenvalue weighted by Gasteiger charge is 2.27. The maximum Gasteiger partial charge on any atom is 0.178 e. The Balaban J connectivity index is 1.86. The normalized spacial score (nSPS) is 16.4. The number of ether oxygens (including phenoxy) is 1. The molecule has 0 spiro atoms. The predicted octanol–water partition coefficient (Wildman–Crippen LogP) is 3.06. The molecule has 0 saturated carbocycles. The Labute approximate surface area is 187 Å². The Hall–Kier alpha value is -2.94. The third kappa shape index (κ3) is 4.34. The van der Waals surface area contributed by atoms with Gasteiger partial charge in [0.15, 0.2) is 9.84 Å². The molecule has 0 fully saturated rings. The molecule has 0 radical (unpaired) electrons. The Bertz CT molecular complexity index is 1240. The zero-order valence-corrected chi connectivity index (χ0v) is 18.8. The molecule has 32 heavy (non-hydrogen) atoms. The number of allylic oxidation sites excluding steroid dienone is 4. The third-order valence-corrected chi connectivity index (χ3v) is 7.25. The average molecular weight is 455 g/mol. The van der Waals surface area contributed by atoms with Gasteiger partial charge in [0.05, 0.1) is 23.0 Å². The average Bonchev–Trinajstić information content (AvgIpc) is 2.95. The molecule has 0 saturated heterocycles. The van der Waals surface area contributed by atoms with Crippen LogP contribution in [0.15, 0.2) is 65.0 Å². The number of rotatable bonds is 7. The van der Waals surface area contributed by atoms with Gasteiger partial charge in [0.1, 0.15) is 24.3 Å². The highest BCUT2D eigenvalue weighted by atomic mass is 32.2. The number of fused-ring (bicyclic) bond motifs is 4. The van der Waals surface area contributed by atoms with Gasteiger partial charge in [-0.05, 0) is 53.5 Å². The quantitative estimate of drug-likeness (QED) is 0.590. The molecule has 168 valence electrons. The van der Waals surface area contributed by atoms with E-state index in [-0.39, 0.29) is 17.3 Å². The van der Waals surface area contributed by atoms with E-state index in [1.165, 1.54) is 0 Å². The SMILES string of the molecule is CCS(=O)(=O)c1cccc(C2=C3CC(=C(OC[C@@H](O)CO)C=C2)Nc2ncc(C)cc23)c1. The number of hydrogen-bond donors (Lipinski definition) is 3. The lowest BCUT2D eigenvalue weighted by Gasteiger charge is -2.25. The van der Waals surface area contributed by atoms with Crippen LogP contribution >= 0.6 is 0 Å². The number of aromatic nitrogens is 1. The number of sulfone groups is 1. The van der Waals surface area contributed by atoms with E-state index in [1.54, 1.807) is 37.4 Å². The van der Waals surface area contributed by atoms with E-state index in [9.17, 15) is 13.5 Å². The van der Waals surface area contributed by atoms with Crippen molar-refractivity contribution in [3.8, 4) is 0 Å². The van der Waals surface area contributed by atoms with Gasteiger partial charge in [0.25, 0.3) is 0 Å². The van der Waals surface area contributed by atoms with Crippen LogP contribution in [0.4, 0.5) is 5.82 Å². The monoisotopic (exact) mass is 454 g/mol. The van der Waals surface area contributed by atoms with E-state index in [0.29, 0.717) is 18.0 Å². The molecule has 4 rings (SSSR count). The van der Waals surface area contributed by atoms with Crippen molar-refractivity contribution in [2.45, 2.75) is 31.3 Å². The van der Waals surface area contributed by atoms with Crippen LogP contribution in [0.2, 0.25) is 0 Å². The van der Waals surface area contributed by atoms with Gasteiger partial charge in [-0.3, -0.25) is 0 Å². The van der Waals surface area contributed by atoms with Gasteiger partial charge in [-0.2, -0.15) is 0 Å². The summed E-state index contributed by atoms with van der Waals surface area (Å²) in [6, 6.07) is 9.03. The van der Waals surface area contributed by atoms with E-state index in [4.69, 9.17) is 9.84 Å². The van der Waals surface area contributed by atoms with Crippen molar-refractivity contribution in [1.82, 2.24) is 4.98 Å². The molecule has 2 bridgehead atoms. The first-order valence-electron chi connectivity index (χ1n) is 10.5. The summed E-state index contributed by atoms with van der Waals surface area (Å²) in [6.07, 6.45) is 5.02. The number of aliphatic hydroxyl groups is 2. The Kier molecular flexibility index (Phi) is 6.19. The van der Waals surface area contributed by atoms with Crippen LogP contribution in [-0.4, -0.2) is 48.7 Å². The van der Waals surface area contributed by atoms with Gasteiger partial charge in [-0.15, -0.1) is 0 Å². The van der Waals surface area contributed by atoms with Crippen molar-refractivity contribution in [2.24, 2.45) is 0 Å². The van der Waals surface area contributed by atoms with Gasteiger partial charge in [0.2, 0.25) is 0 Å². The first-order valence-corrected chi connectivity index (χ1v) is 12.1. The van der Waals surface area contributed by atoms with Crippen LogP contribution in [0.1, 0.15) is 30.0 Å². The van der Waals surface area contributed by atoms with E-state index >= 15 is 0 Å². The van der Waals surface area contributed by atoms with Gasteiger partial charge < -0.3 is 20.3 Å². The lowest BCUT2D eigenvalue weighted by Crippen LogP contribution is -2.20. The summed E-state index contributed by atoms with van der Waals surface area (Å²) in [5.74, 6) is 1.26. The number of hydrogen-bond acceptors (Lipinski definition) is 7. The van der Waals surface area contributed by atoms with Crippen LogP contribution in [0.25, 0.3) is 11.1 Å². The Morgan fingerprint density at radius 2 is 2.06 bits per heavy atom. The number of anilines is 1. The molecule has 0 amide bonds. The number of aryl methyl sites for hydroxylation is 1. The van der Waals surface area contributed by atoms with Crippen molar-refractivity contribution < 1.29 is 23.4 Å². The fourth-order valence-electron chi connectivity index (χ4n) is 3.78. The van der Waals surface area contributed by atoms with Gasteiger partial charge in [0, 0.05) is 18.2 Å². The minimum Gasteiger partial charge on any atom is -0.489 e. The molecule has 2 aromatic rings. The molecule has 7 nitrogen and oxygen atoms in total. The topological polar surface area (TPSA) is 109 Å². The molecule has 8 heteroatoms. The molecular formula is C24H26N2O5S. The van der Waals surface area contributed by atoms with Crippen LogP contribution in [0, 0.1) is 6.92 Å². The van der Waals surface area contributed by atoms with Crippen LogP contribution in [0.3, 0.4) is 0 Å². The third-order valence-electron chi connectivity index (χ3n) is 5.52. The highest BCUT2D eigenvalue weighted by molar-refractivity contribution is 7.91. The number of pyridine rings is 1. The largest absolute Gasteiger partial charge is 0.489 e. The Morgan fingerprint density at radius 3 is 2.81 bits per heavy atom. The number of nitrogens with one attached hydrogen (secondary N) is 1. The first-order chi connectivity index (χ1) is 15.3. The molecule has 1 atom stereocenters. The molecular weight excluding hydrogens is 428 g/mol. The molecule has 2 aliphatic rings. The number of nitrogens with zero attached hydrogens (tertiary/aromatic N) is 1. The lowest BCUT2D eigenvalue weighted by molar-refractivity contribution is 0.0323. The second kappa shape index (κ2) is 8.90. The molecule has 0 unspecified atom stereocenters. The molecule has 1 aliphatic carbocycles. The van der Waals surface area contributed by atoms with E-state index < -0.39 is 22.5 Å². The van der Waals surface area contributed by atoms with Gasteiger partial charge in [-0.25, -0.2) is 13.4 Å². The molecule has 3 N–H and O–H groups in total. The highest BCUT2D eigenvalue weighted by Crippen LogP contribution is 2.43. The zero-order valence-electron chi connectivity index (χ0n) is 18.0. The minimum absolute atomic E-state index is 0.0327. The smallest absolute Gasteiger partial charge is 0.178 e. The van der Waals surface area contributed by atoms with Crippen molar-refractivity contribution >= 4 is 26.8 Å². The molecule has 1 aliphatic heterocycles. The van der Waals surface area contributed by atoms with Crippen molar-refractivity contribution in [2.75, 3.05) is 24.3 Å². The minimum atomic E-state index is -3.35. The number of benzene rings is 1.